The number of nitrogens with zero attached hydrogens (tertiary/aromatic N) is 1. The maximum atomic E-state index is 13.5. The lowest BCUT2D eigenvalue weighted by molar-refractivity contribution is -0.907. The van der Waals surface area contributed by atoms with Crippen molar-refractivity contribution in [1.82, 2.24) is 4.90 Å². The number of aliphatic hydroxyl groups excluding tert-OH is 1. The Labute approximate surface area is 216 Å². The van der Waals surface area contributed by atoms with E-state index in [2.05, 4.69) is 13.8 Å². The molecule has 2 N–H and O–H groups in total. The van der Waals surface area contributed by atoms with E-state index in [1.807, 2.05) is 17.5 Å². The van der Waals surface area contributed by atoms with Crippen molar-refractivity contribution in [2.24, 2.45) is 5.92 Å². The molecule has 0 bridgehead atoms. The minimum Gasteiger partial charge on any atom is -0.503 e. The number of carbonyl (C=O) groups excluding carboxylic acids is 2. The Kier molecular flexibility index (Phi) is 8.66. The van der Waals surface area contributed by atoms with Crippen molar-refractivity contribution in [3.05, 3.63) is 57.5 Å². The van der Waals surface area contributed by atoms with Gasteiger partial charge in [0.2, 0.25) is 5.78 Å². The fourth-order valence-corrected chi connectivity index (χ4v) is 5.25. The van der Waals surface area contributed by atoms with Crippen LogP contribution in [0, 0.1) is 5.92 Å². The Hall–Kier alpha value is -2.88. The van der Waals surface area contributed by atoms with E-state index in [1.165, 1.54) is 16.2 Å². The number of aliphatic hydroxyl groups is 1. The normalized spacial score (nSPS) is 18.8. The summed E-state index contributed by atoms with van der Waals surface area (Å²) in [5.41, 5.74) is 0.798. The quantitative estimate of drug-likeness (QED) is 0.448. The van der Waals surface area contributed by atoms with Crippen LogP contribution in [0.1, 0.15) is 41.5 Å². The van der Waals surface area contributed by atoms with Crippen LogP contribution in [0.15, 0.2) is 47.0 Å². The minimum atomic E-state index is -0.717. The first kappa shape index (κ1) is 26.2. The summed E-state index contributed by atoms with van der Waals surface area (Å²) < 4.78 is 17.0. The lowest BCUT2D eigenvalue weighted by Gasteiger charge is -2.30. The molecular weight excluding hydrogens is 480 g/mol. The minimum absolute atomic E-state index is 0.106. The molecule has 1 fully saturated rings. The molecule has 0 unspecified atom stereocenters. The van der Waals surface area contributed by atoms with Crippen molar-refractivity contribution in [2.75, 3.05) is 53.1 Å². The van der Waals surface area contributed by atoms with Crippen molar-refractivity contribution in [1.29, 1.82) is 0 Å². The highest BCUT2D eigenvalue weighted by Gasteiger charge is 2.44. The van der Waals surface area contributed by atoms with Gasteiger partial charge in [0, 0.05) is 0 Å². The van der Waals surface area contributed by atoms with Crippen LogP contribution in [0.4, 0.5) is 0 Å². The summed E-state index contributed by atoms with van der Waals surface area (Å²) in [5.74, 6) is 0.307. The van der Waals surface area contributed by atoms with Crippen molar-refractivity contribution < 1.29 is 33.8 Å². The van der Waals surface area contributed by atoms with Crippen LogP contribution in [0.2, 0.25) is 0 Å². The van der Waals surface area contributed by atoms with Gasteiger partial charge in [0.25, 0.3) is 5.91 Å². The molecule has 8 nitrogen and oxygen atoms in total. The maximum absolute atomic E-state index is 13.5. The molecule has 1 aromatic heterocycles. The third kappa shape index (κ3) is 5.74. The van der Waals surface area contributed by atoms with Crippen molar-refractivity contribution in [3.63, 3.8) is 0 Å². The second-order valence-corrected chi connectivity index (χ2v) is 10.5. The van der Waals surface area contributed by atoms with Gasteiger partial charge in [-0.1, -0.05) is 26.0 Å². The van der Waals surface area contributed by atoms with Gasteiger partial charge >= 0.3 is 0 Å². The van der Waals surface area contributed by atoms with Crippen molar-refractivity contribution in [2.45, 2.75) is 26.3 Å². The summed E-state index contributed by atoms with van der Waals surface area (Å²) in [4.78, 5) is 30.1. The molecule has 1 saturated heterocycles. The van der Waals surface area contributed by atoms with Gasteiger partial charge in [-0.05, 0) is 41.5 Å². The Morgan fingerprint density at radius 2 is 2.03 bits per heavy atom. The van der Waals surface area contributed by atoms with Gasteiger partial charge in [0.1, 0.15) is 13.1 Å². The third-order valence-electron chi connectivity index (χ3n) is 6.66. The number of nitrogens with one attached hydrogen (secondary N) is 1. The van der Waals surface area contributed by atoms with Gasteiger partial charge in [0.15, 0.2) is 17.3 Å². The molecule has 0 saturated carbocycles. The lowest BCUT2D eigenvalue weighted by Crippen LogP contribution is -3.14. The standard InChI is InChI=1S/C27H34N2O6S/c1-18(2)8-13-35-20-7-6-19(17-21(20)33-3)24-23(25(30)22-5-4-16-36-22)26(31)27(32)29(24)10-9-28-11-14-34-15-12-28/h4-7,16-18,24,31H,8-15H2,1-3H3/p+1/t24-/m1/s1. The van der Waals surface area contributed by atoms with Crippen LogP contribution >= 0.6 is 11.3 Å². The van der Waals surface area contributed by atoms with E-state index in [0.717, 1.165) is 19.5 Å². The molecule has 1 amide bonds. The molecule has 1 atom stereocenters. The number of rotatable bonds is 11. The number of carbonyl (C=O) groups is 2. The zero-order valence-electron chi connectivity index (χ0n) is 21.1. The number of benzene rings is 1. The molecule has 0 spiro atoms. The van der Waals surface area contributed by atoms with Crippen molar-refractivity contribution in [3.8, 4) is 11.5 Å². The smallest absolute Gasteiger partial charge is 0.290 e. The number of methoxy groups -OCH3 is 1. The first-order valence-electron chi connectivity index (χ1n) is 12.4. The Morgan fingerprint density at radius 3 is 2.69 bits per heavy atom. The van der Waals surface area contributed by atoms with Gasteiger partial charge in [0.05, 0.1) is 56.5 Å². The van der Waals surface area contributed by atoms with Gasteiger partial charge in [-0.2, -0.15) is 0 Å². The summed E-state index contributed by atoms with van der Waals surface area (Å²) in [6.45, 7) is 9.05. The average molecular weight is 516 g/mol. The van der Waals surface area contributed by atoms with E-state index in [-0.39, 0.29) is 11.4 Å². The topological polar surface area (TPSA) is 89.7 Å². The van der Waals surface area contributed by atoms with Gasteiger partial charge in [-0.25, -0.2) is 0 Å². The largest absolute Gasteiger partial charge is 0.503 e. The second kappa shape index (κ2) is 11.9. The zero-order valence-corrected chi connectivity index (χ0v) is 21.9. The first-order chi connectivity index (χ1) is 17.4. The Bertz CT molecular complexity index is 1090. The molecule has 36 heavy (non-hydrogen) atoms. The second-order valence-electron chi connectivity index (χ2n) is 9.52. The van der Waals surface area contributed by atoms with Gasteiger partial charge < -0.3 is 29.1 Å². The summed E-state index contributed by atoms with van der Waals surface area (Å²) in [6.07, 6.45) is 0.912. The van der Waals surface area contributed by atoms with Crippen molar-refractivity contribution >= 4 is 23.0 Å². The number of thiophene rings is 1. The first-order valence-corrected chi connectivity index (χ1v) is 13.3. The molecule has 0 radical (unpaired) electrons. The Balaban J connectivity index is 1.65. The molecule has 2 aliphatic rings. The predicted molar refractivity (Wildman–Crippen MR) is 137 cm³/mol. The highest BCUT2D eigenvalue weighted by Crippen LogP contribution is 2.41. The summed E-state index contributed by atoms with van der Waals surface area (Å²) in [5, 5.41) is 12.7. The van der Waals surface area contributed by atoms with Crippen LogP contribution in [-0.4, -0.2) is 74.8 Å². The van der Waals surface area contributed by atoms with Crippen LogP contribution < -0.4 is 14.4 Å². The molecule has 4 rings (SSSR count). The molecule has 1 aromatic carbocycles. The van der Waals surface area contributed by atoms with Crippen LogP contribution in [-0.2, 0) is 9.53 Å². The highest BCUT2D eigenvalue weighted by molar-refractivity contribution is 7.12. The number of morpholine rings is 1. The number of quaternary nitrogens is 1. The highest BCUT2D eigenvalue weighted by atomic mass is 32.1. The number of amides is 1. The fraction of sp³-hybridized carbons (Fsp3) is 0.481. The molecule has 3 heterocycles. The van der Waals surface area contributed by atoms with E-state index in [4.69, 9.17) is 14.2 Å². The molecule has 2 aliphatic heterocycles. The van der Waals surface area contributed by atoms with Gasteiger partial charge in [-0.15, -0.1) is 11.3 Å². The Morgan fingerprint density at radius 1 is 1.25 bits per heavy atom. The SMILES string of the molecule is COc1cc([C@@H]2C(C(=O)c3cccs3)=C(O)C(=O)N2CC[NH+]2CCOCC2)ccc1OCCC(C)C. The summed E-state index contributed by atoms with van der Waals surface area (Å²) in [7, 11) is 1.57. The monoisotopic (exact) mass is 515 g/mol. The number of ketones is 1. The van der Waals surface area contributed by atoms with E-state index < -0.39 is 17.7 Å². The molecular formula is C27H35N2O6S+. The van der Waals surface area contributed by atoms with Gasteiger partial charge in [-0.3, -0.25) is 9.59 Å². The lowest BCUT2D eigenvalue weighted by atomic mass is 9.95. The van der Waals surface area contributed by atoms with E-state index in [9.17, 15) is 14.7 Å². The molecule has 2 aromatic rings. The number of ether oxygens (including phenoxy) is 3. The molecule has 9 heteroatoms. The number of hydrogen-bond donors (Lipinski definition) is 2. The van der Waals surface area contributed by atoms with E-state index >= 15 is 0 Å². The van der Waals surface area contributed by atoms with E-state index in [0.29, 0.717) is 60.8 Å². The van der Waals surface area contributed by atoms with Crippen LogP contribution in [0.25, 0.3) is 0 Å². The van der Waals surface area contributed by atoms with Crippen LogP contribution in [0.3, 0.4) is 0 Å². The predicted octanol–water partition coefficient (Wildman–Crippen LogP) is 2.68. The molecule has 194 valence electrons. The molecule has 0 aliphatic carbocycles. The zero-order chi connectivity index (χ0) is 25.7. The summed E-state index contributed by atoms with van der Waals surface area (Å²) in [6, 6.07) is 8.24. The number of hydrogen-bond acceptors (Lipinski definition) is 7. The third-order valence-corrected chi connectivity index (χ3v) is 7.52. The van der Waals surface area contributed by atoms with E-state index in [1.54, 1.807) is 30.2 Å². The average Bonchev–Trinajstić information content (AvgIpc) is 3.50. The summed E-state index contributed by atoms with van der Waals surface area (Å²) >= 11 is 1.29. The number of Topliss-reactive ketones (excluding diaryl/α,β-unsaturated/α-hetero) is 1. The maximum Gasteiger partial charge on any atom is 0.290 e. The van der Waals surface area contributed by atoms with Crippen LogP contribution in [0.5, 0.6) is 11.5 Å². The fourth-order valence-electron chi connectivity index (χ4n) is 4.57.